The molecule has 16 heavy (non-hydrogen) atoms. The van der Waals surface area contributed by atoms with Crippen LogP contribution < -0.4 is 0 Å². The van der Waals surface area contributed by atoms with Crippen LogP contribution in [0.25, 0.3) is 0 Å². The van der Waals surface area contributed by atoms with E-state index in [0.29, 0.717) is 11.4 Å². The summed E-state index contributed by atoms with van der Waals surface area (Å²) < 4.78 is 1.12. The van der Waals surface area contributed by atoms with Crippen LogP contribution in [0.3, 0.4) is 0 Å². The molecule has 2 nitrogen and oxygen atoms in total. The number of halogens is 2. The van der Waals surface area contributed by atoms with E-state index in [2.05, 4.69) is 22.6 Å². The van der Waals surface area contributed by atoms with Crippen molar-refractivity contribution in [2.45, 2.75) is 19.4 Å². The summed E-state index contributed by atoms with van der Waals surface area (Å²) in [6.07, 6.45) is 0. The number of nitrogens with zero attached hydrogens (tertiary/aromatic N) is 1. The molecule has 88 valence electrons. The summed E-state index contributed by atoms with van der Waals surface area (Å²) >= 11 is 8.06. The van der Waals surface area contributed by atoms with E-state index in [4.69, 9.17) is 11.6 Å². The van der Waals surface area contributed by atoms with Crippen molar-refractivity contribution < 1.29 is 4.79 Å². The highest BCUT2D eigenvalue weighted by molar-refractivity contribution is 14.1. The molecular formula is C12H15ClINO. The summed E-state index contributed by atoms with van der Waals surface area (Å²) in [5.41, 5.74) is 0.364. The highest BCUT2D eigenvalue weighted by Crippen LogP contribution is 2.18. The molecule has 0 spiro atoms. The highest BCUT2D eigenvalue weighted by Gasteiger charge is 2.27. The third-order valence-electron chi connectivity index (χ3n) is 2.63. The first kappa shape index (κ1) is 13.8. The van der Waals surface area contributed by atoms with Crippen molar-refractivity contribution in [3.8, 4) is 0 Å². The predicted molar refractivity (Wildman–Crippen MR) is 76.1 cm³/mol. The molecule has 0 heterocycles. The number of hydrogen-bond donors (Lipinski definition) is 0. The molecule has 1 aromatic carbocycles. The number of hydrogen-bond acceptors (Lipinski definition) is 1. The first-order chi connectivity index (χ1) is 7.38. The molecule has 1 amide bonds. The number of carbonyl (C=O) groups excluding carboxylic acids is 1. The molecule has 0 bridgehead atoms. The van der Waals surface area contributed by atoms with Gasteiger partial charge < -0.3 is 4.90 Å². The zero-order chi connectivity index (χ0) is 12.3. The number of carbonyl (C=O) groups is 1. The van der Waals surface area contributed by atoms with Crippen molar-refractivity contribution in [3.05, 3.63) is 33.4 Å². The van der Waals surface area contributed by atoms with Crippen LogP contribution in [0.4, 0.5) is 0 Å². The second-order valence-electron chi connectivity index (χ2n) is 4.32. The molecule has 1 aromatic rings. The van der Waals surface area contributed by atoms with Crippen LogP contribution in [0.5, 0.6) is 0 Å². The second kappa shape index (κ2) is 5.36. The number of alkyl halides is 1. The van der Waals surface area contributed by atoms with Crippen LogP contribution in [0.1, 0.15) is 24.2 Å². The van der Waals surface area contributed by atoms with Crippen LogP contribution in [-0.2, 0) is 0 Å². The van der Waals surface area contributed by atoms with E-state index in [9.17, 15) is 4.79 Å². The summed E-state index contributed by atoms with van der Waals surface area (Å²) in [4.78, 5) is 13.8. The van der Waals surface area contributed by atoms with E-state index < -0.39 is 0 Å². The molecule has 0 atom stereocenters. The monoisotopic (exact) mass is 351 g/mol. The molecule has 0 fully saturated rings. The molecule has 0 aliphatic heterocycles. The van der Waals surface area contributed by atoms with Crippen LogP contribution in [0, 0.1) is 3.57 Å². The molecular weight excluding hydrogens is 336 g/mol. The fourth-order valence-corrected chi connectivity index (χ4v) is 1.69. The topological polar surface area (TPSA) is 20.3 Å². The number of amides is 1. The van der Waals surface area contributed by atoms with Gasteiger partial charge in [0, 0.05) is 22.1 Å². The zero-order valence-corrected chi connectivity index (χ0v) is 12.5. The van der Waals surface area contributed by atoms with Crippen molar-refractivity contribution in [1.82, 2.24) is 4.90 Å². The first-order valence-electron chi connectivity index (χ1n) is 4.98. The minimum atomic E-state index is -0.332. The van der Waals surface area contributed by atoms with Gasteiger partial charge in [-0.05, 0) is 60.7 Å². The van der Waals surface area contributed by atoms with Gasteiger partial charge in [0.1, 0.15) is 0 Å². The second-order valence-corrected chi connectivity index (χ2v) is 5.83. The maximum absolute atomic E-state index is 12.1. The summed E-state index contributed by atoms with van der Waals surface area (Å²) in [5.74, 6) is 0.418. The molecule has 4 heteroatoms. The Labute approximate surface area is 115 Å². The van der Waals surface area contributed by atoms with Gasteiger partial charge in [-0.25, -0.2) is 0 Å². The number of benzene rings is 1. The van der Waals surface area contributed by atoms with Crippen LogP contribution in [0.15, 0.2) is 24.3 Å². The molecule has 0 aromatic heterocycles. The summed E-state index contributed by atoms with van der Waals surface area (Å²) in [5, 5.41) is 0. The van der Waals surface area contributed by atoms with Crippen LogP contribution >= 0.6 is 34.2 Å². The Bertz CT molecular complexity index is 375. The van der Waals surface area contributed by atoms with Gasteiger partial charge in [0.05, 0.1) is 5.54 Å². The van der Waals surface area contributed by atoms with E-state index in [1.165, 1.54) is 0 Å². The first-order valence-corrected chi connectivity index (χ1v) is 6.59. The Hall–Kier alpha value is -0.290. The molecule has 0 radical (unpaired) electrons. The lowest BCUT2D eigenvalue weighted by Crippen LogP contribution is -2.46. The fourth-order valence-electron chi connectivity index (χ4n) is 1.15. The Morgan fingerprint density at radius 2 is 1.88 bits per heavy atom. The van der Waals surface area contributed by atoms with E-state index in [1.807, 2.05) is 38.1 Å². The van der Waals surface area contributed by atoms with Gasteiger partial charge in [-0.2, -0.15) is 0 Å². The zero-order valence-electron chi connectivity index (χ0n) is 9.63. The van der Waals surface area contributed by atoms with E-state index in [0.717, 1.165) is 3.57 Å². The largest absolute Gasteiger partial charge is 0.335 e. The van der Waals surface area contributed by atoms with Gasteiger partial charge in [-0.15, -0.1) is 11.6 Å². The highest BCUT2D eigenvalue weighted by atomic mass is 127. The minimum absolute atomic E-state index is 0.00190. The Balaban J connectivity index is 2.90. The van der Waals surface area contributed by atoms with Gasteiger partial charge in [-0.1, -0.05) is 0 Å². The summed E-state index contributed by atoms with van der Waals surface area (Å²) in [6.45, 7) is 3.90. The van der Waals surface area contributed by atoms with Crippen molar-refractivity contribution in [1.29, 1.82) is 0 Å². The summed E-state index contributed by atoms with van der Waals surface area (Å²) in [7, 11) is 1.78. The van der Waals surface area contributed by atoms with E-state index in [1.54, 1.807) is 11.9 Å². The SMILES string of the molecule is CN(C(=O)c1ccc(I)cc1)C(C)(C)CCl. The van der Waals surface area contributed by atoms with Crippen molar-refractivity contribution in [2.24, 2.45) is 0 Å². The maximum atomic E-state index is 12.1. The Kier molecular flexibility index (Phi) is 4.62. The lowest BCUT2D eigenvalue weighted by Gasteiger charge is -2.34. The molecule has 0 aliphatic rings. The fraction of sp³-hybridized carbons (Fsp3) is 0.417. The van der Waals surface area contributed by atoms with E-state index in [-0.39, 0.29) is 11.4 Å². The molecule has 0 unspecified atom stereocenters. The smallest absolute Gasteiger partial charge is 0.254 e. The van der Waals surface area contributed by atoms with Crippen molar-refractivity contribution >= 4 is 40.1 Å². The lowest BCUT2D eigenvalue weighted by atomic mass is 10.0. The molecule has 0 saturated carbocycles. The molecule has 1 rings (SSSR count). The third-order valence-corrected chi connectivity index (χ3v) is 4.00. The average Bonchev–Trinajstić information content (AvgIpc) is 2.28. The van der Waals surface area contributed by atoms with Gasteiger partial charge in [0.2, 0.25) is 0 Å². The number of rotatable bonds is 3. The van der Waals surface area contributed by atoms with Crippen molar-refractivity contribution in [2.75, 3.05) is 12.9 Å². The van der Waals surface area contributed by atoms with Gasteiger partial charge >= 0.3 is 0 Å². The minimum Gasteiger partial charge on any atom is -0.335 e. The Morgan fingerprint density at radius 3 is 2.31 bits per heavy atom. The maximum Gasteiger partial charge on any atom is 0.254 e. The third kappa shape index (κ3) is 3.10. The predicted octanol–water partition coefficient (Wildman–Crippen LogP) is 3.38. The average molecular weight is 352 g/mol. The van der Waals surface area contributed by atoms with Gasteiger partial charge in [-0.3, -0.25) is 4.79 Å². The molecule has 0 saturated heterocycles. The van der Waals surface area contributed by atoms with Gasteiger partial charge in [0.25, 0.3) is 5.91 Å². The van der Waals surface area contributed by atoms with Crippen molar-refractivity contribution in [3.63, 3.8) is 0 Å². The summed E-state index contributed by atoms with van der Waals surface area (Å²) in [6, 6.07) is 7.53. The normalized spacial score (nSPS) is 11.3. The van der Waals surface area contributed by atoms with Crippen LogP contribution in [0.2, 0.25) is 0 Å². The van der Waals surface area contributed by atoms with E-state index >= 15 is 0 Å². The van der Waals surface area contributed by atoms with Gasteiger partial charge in [0.15, 0.2) is 0 Å². The quantitative estimate of drug-likeness (QED) is 0.604. The Morgan fingerprint density at radius 1 is 1.38 bits per heavy atom. The standard InChI is InChI=1S/C12H15ClINO/c1-12(2,8-13)15(3)11(16)9-4-6-10(14)7-5-9/h4-7H,8H2,1-3H3. The lowest BCUT2D eigenvalue weighted by molar-refractivity contribution is 0.0660. The van der Waals surface area contributed by atoms with Crippen LogP contribution in [-0.4, -0.2) is 29.3 Å². The molecule has 0 N–H and O–H groups in total. The molecule has 0 aliphatic carbocycles.